The highest BCUT2D eigenvalue weighted by Crippen LogP contribution is 2.08. The van der Waals surface area contributed by atoms with Crippen LogP contribution in [0.15, 0.2) is 73.1 Å². The summed E-state index contributed by atoms with van der Waals surface area (Å²) >= 11 is 0. The molecule has 0 radical (unpaired) electrons. The second-order valence-electron chi connectivity index (χ2n) is 5.38. The average molecular weight is 334 g/mol. The van der Waals surface area contributed by atoms with Crippen molar-refractivity contribution >= 4 is 11.8 Å². The molecule has 1 heterocycles. The Kier molecular flexibility index (Phi) is 5.21. The van der Waals surface area contributed by atoms with E-state index in [1.54, 1.807) is 35.1 Å². The standard InChI is InChI=1S/C19H18N4O2/c24-18(15-5-2-1-3-6-15)20-12-13-21-19(25)16-7-9-17(10-8-16)23-14-4-11-22-23/h1-11,14H,12-13H2,(H,20,24)(H,21,25). The minimum Gasteiger partial charge on any atom is -0.350 e. The topological polar surface area (TPSA) is 76.0 Å². The molecule has 0 fully saturated rings. The molecule has 0 saturated carbocycles. The van der Waals surface area contributed by atoms with Gasteiger partial charge in [0.2, 0.25) is 0 Å². The Morgan fingerprint density at radius 3 is 1.96 bits per heavy atom. The zero-order valence-corrected chi connectivity index (χ0v) is 13.6. The van der Waals surface area contributed by atoms with Crippen molar-refractivity contribution in [2.24, 2.45) is 0 Å². The van der Waals surface area contributed by atoms with E-state index in [2.05, 4.69) is 15.7 Å². The molecule has 6 heteroatoms. The van der Waals surface area contributed by atoms with Crippen LogP contribution in [0.2, 0.25) is 0 Å². The van der Waals surface area contributed by atoms with Gasteiger partial charge in [-0.2, -0.15) is 5.10 Å². The number of amides is 2. The van der Waals surface area contributed by atoms with Crippen molar-refractivity contribution in [2.45, 2.75) is 0 Å². The molecule has 3 rings (SSSR count). The molecule has 0 saturated heterocycles. The van der Waals surface area contributed by atoms with Crippen LogP contribution in [-0.2, 0) is 0 Å². The van der Waals surface area contributed by atoms with Crippen LogP contribution in [0.25, 0.3) is 5.69 Å². The Balaban J connectivity index is 1.46. The van der Waals surface area contributed by atoms with E-state index < -0.39 is 0 Å². The zero-order valence-electron chi connectivity index (χ0n) is 13.6. The minimum absolute atomic E-state index is 0.154. The fourth-order valence-corrected chi connectivity index (χ4v) is 2.33. The Hall–Kier alpha value is -3.41. The molecule has 2 amide bonds. The van der Waals surface area contributed by atoms with Gasteiger partial charge in [0.05, 0.1) is 5.69 Å². The third-order valence-electron chi connectivity index (χ3n) is 3.63. The summed E-state index contributed by atoms with van der Waals surface area (Å²) in [7, 11) is 0. The molecule has 25 heavy (non-hydrogen) atoms. The Bertz CT molecular complexity index is 828. The van der Waals surface area contributed by atoms with Crippen LogP contribution in [0.5, 0.6) is 0 Å². The number of hydrogen-bond acceptors (Lipinski definition) is 3. The van der Waals surface area contributed by atoms with Crippen LogP contribution < -0.4 is 10.6 Å². The number of carbonyl (C=O) groups excluding carboxylic acids is 2. The van der Waals surface area contributed by atoms with Crippen molar-refractivity contribution in [3.05, 3.63) is 84.2 Å². The lowest BCUT2D eigenvalue weighted by Crippen LogP contribution is -2.34. The fraction of sp³-hybridized carbons (Fsp3) is 0.105. The largest absolute Gasteiger partial charge is 0.350 e. The normalized spacial score (nSPS) is 10.2. The van der Waals surface area contributed by atoms with Crippen molar-refractivity contribution in [2.75, 3.05) is 13.1 Å². The lowest BCUT2D eigenvalue weighted by Gasteiger charge is -2.08. The monoisotopic (exact) mass is 334 g/mol. The first-order valence-electron chi connectivity index (χ1n) is 7.95. The summed E-state index contributed by atoms with van der Waals surface area (Å²) < 4.78 is 1.72. The molecule has 1 aromatic heterocycles. The van der Waals surface area contributed by atoms with Gasteiger partial charge >= 0.3 is 0 Å². The average Bonchev–Trinajstić information content (AvgIpc) is 3.20. The van der Waals surface area contributed by atoms with Crippen LogP contribution in [0.4, 0.5) is 0 Å². The maximum atomic E-state index is 12.1. The number of benzene rings is 2. The second kappa shape index (κ2) is 7.92. The zero-order chi connectivity index (χ0) is 17.5. The molecule has 2 N–H and O–H groups in total. The number of nitrogens with one attached hydrogen (secondary N) is 2. The second-order valence-corrected chi connectivity index (χ2v) is 5.38. The number of carbonyl (C=O) groups is 2. The van der Waals surface area contributed by atoms with Crippen molar-refractivity contribution in [3.8, 4) is 5.69 Å². The van der Waals surface area contributed by atoms with Gasteiger partial charge in [0.15, 0.2) is 0 Å². The molecule has 2 aromatic carbocycles. The maximum absolute atomic E-state index is 12.1. The lowest BCUT2D eigenvalue weighted by molar-refractivity contribution is 0.0927. The van der Waals surface area contributed by atoms with Crippen LogP contribution in [0, 0.1) is 0 Å². The van der Waals surface area contributed by atoms with Crippen molar-refractivity contribution in [3.63, 3.8) is 0 Å². The van der Waals surface area contributed by atoms with Gasteiger partial charge in [0, 0.05) is 36.6 Å². The summed E-state index contributed by atoms with van der Waals surface area (Å²) in [6.45, 7) is 0.725. The lowest BCUT2D eigenvalue weighted by atomic mass is 10.2. The maximum Gasteiger partial charge on any atom is 0.251 e. The molecular formula is C19H18N4O2. The van der Waals surface area contributed by atoms with Crippen LogP contribution in [0.1, 0.15) is 20.7 Å². The molecule has 0 aliphatic rings. The van der Waals surface area contributed by atoms with E-state index in [0.717, 1.165) is 5.69 Å². The van der Waals surface area contributed by atoms with Crippen molar-refractivity contribution < 1.29 is 9.59 Å². The number of hydrogen-bond donors (Lipinski definition) is 2. The van der Waals surface area contributed by atoms with Gasteiger partial charge in [-0.05, 0) is 42.5 Å². The smallest absolute Gasteiger partial charge is 0.251 e. The van der Waals surface area contributed by atoms with E-state index in [1.807, 2.05) is 42.6 Å². The Morgan fingerprint density at radius 2 is 1.40 bits per heavy atom. The summed E-state index contributed by atoms with van der Waals surface area (Å²) in [4.78, 5) is 24.0. The van der Waals surface area contributed by atoms with Crippen LogP contribution in [0.3, 0.4) is 0 Å². The molecule has 126 valence electrons. The number of rotatable bonds is 6. The van der Waals surface area contributed by atoms with E-state index in [9.17, 15) is 9.59 Å². The van der Waals surface area contributed by atoms with E-state index in [0.29, 0.717) is 24.2 Å². The van der Waals surface area contributed by atoms with Crippen molar-refractivity contribution in [1.82, 2.24) is 20.4 Å². The fourth-order valence-electron chi connectivity index (χ4n) is 2.33. The van der Waals surface area contributed by atoms with Crippen molar-refractivity contribution in [1.29, 1.82) is 0 Å². The summed E-state index contributed by atoms with van der Waals surface area (Å²) in [6.07, 6.45) is 3.54. The molecule has 0 unspecified atom stereocenters. The van der Waals surface area contributed by atoms with Crippen LogP contribution >= 0.6 is 0 Å². The molecule has 6 nitrogen and oxygen atoms in total. The van der Waals surface area contributed by atoms with E-state index in [-0.39, 0.29) is 11.8 Å². The quantitative estimate of drug-likeness (QED) is 0.677. The van der Waals surface area contributed by atoms with E-state index in [4.69, 9.17) is 0 Å². The van der Waals surface area contributed by atoms with Gasteiger partial charge in [0.25, 0.3) is 11.8 Å². The first kappa shape index (κ1) is 16.4. The number of nitrogens with zero attached hydrogens (tertiary/aromatic N) is 2. The molecule has 3 aromatic rings. The van der Waals surface area contributed by atoms with Gasteiger partial charge in [-0.15, -0.1) is 0 Å². The Labute approximate surface area is 145 Å². The van der Waals surface area contributed by atoms with Gasteiger partial charge in [0.1, 0.15) is 0 Å². The molecular weight excluding hydrogens is 316 g/mol. The highest BCUT2D eigenvalue weighted by Gasteiger charge is 2.07. The summed E-state index contributed by atoms with van der Waals surface area (Å²) in [5.41, 5.74) is 2.05. The van der Waals surface area contributed by atoms with Crippen LogP contribution in [-0.4, -0.2) is 34.7 Å². The third-order valence-corrected chi connectivity index (χ3v) is 3.63. The van der Waals surface area contributed by atoms with Gasteiger partial charge in [-0.1, -0.05) is 18.2 Å². The molecule has 0 aliphatic carbocycles. The summed E-state index contributed by atoms with van der Waals surface area (Å²) in [5.74, 6) is -0.334. The highest BCUT2D eigenvalue weighted by molar-refractivity contribution is 5.95. The van der Waals surface area contributed by atoms with Gasteiger partial charge < -0.3 is 10.6 Å². The molecule has 0 atom stereocenters. The van der Waals surface area contributed by atoms with Gasteiger partial charge in [-0.25, -0.2) is 4.68 Å². The number of aromatic nitrogens is 2. The summed E-state index contributed by atoms with van der Waals surface area (Å²) in [5, 5.41) is 9.69. The minimum atomic E-state index is -0.180. The third kappa shape index (κ3) is 4.32. The molecule has 0 bridgehead atoms. The predicted molar refractivity (Wildman–Crippen MR) is 94.7 cm³/mol. The molecule has 0 spiro atoms. The first-order valence-corrected chi connectivity index (χ1v) is 7.95. The predicted octanol–water partition coefficient (Wildman–Crippen LogP) is 2.03. The molecule has 0 aliphatic heterocycles. The van der Waals surface area contributed by atoms with E-state index in [1.165, 1.54) is 0 Å². The highest BCUT2D eigenvalue weighted by atomic mass is 16.2. The Morgan fingerprint density at radius 1 is 0.800 bits per heavy atom. The summed E-state index contributed by atoms with van der Waals surface area (Å²) in [6, 6.07) is 18.0. The van der Waals surface area contributed by atoms with E-state index >= 15 is 0 Å². The SMILES string of the molecule is O=C(NCCNC(=O)c1ccc(-n2cccn2)cc1)c1ccccc1. The van der Waals surface area contributed by atoms with Gasteiger partial charge in [-0.3, -0.25) is 9.59 Å². The first-order chi connectivity index (χ1) is 12.2.